The Labute approximate surface area is 249 Å². The van der Waals surface area contributed by atoms with Gasteiger partial charge in [0.15, 0.2) is 6.73 Å². The Kier molecular flexibility index (Phi) is 12.0. The second-order valence-corrected chi connectivity index (χ2v) is 12.4. The Hall–Kier alpha value is -3.84. The molecule has 1 aliphatic rings. The number of nitrogens with zero attached hydrogens (tertiary/aromatic N) is 1. The fourth-order valence-electron chi connectivity index (χ4n) is 4.49. The van der Waals surface area contributed by atoms with Crippen molar-refractivity contribution >= 4 is 45.5 Å². The number of aryl methyl sites for hydroxylation is 1. The number of carbonyl (C=O) groups excluding carboxylic acids is 4. The summed E-state index contributed by atoms with van der Waals surface area (Å²) in [5, 5.41) is 2.98. The van der Waals surface area contributed by atoms with Gasteiger partial charge in [-0.3, -0.25) is 22.9 Å². The van der Waals surface area contributed by atoms with Gasteiger partial charge in [-0.25, -0.2) is 9.59 Å². The number of cyclic esters (lactones) is 1. The van der Waals surface area contributed by atoms with E-state index in [4.69, 9.17) is 15.2 Å². The van der Waals surface area contributed by atoms with Crippen LogP contribution < -0.4 is 11.1 Å². The van der Waals surface area contributed by atoms with Crippen LogP contribution >= 0.6 is 0 Å². The molecule has 1 fully saturated rings. The van der Waals surface area contributed by atoms with Crippen molar-refractivity contribution in [2.45, 2.75) is 54.0 Å². The van der Waals surface area contributed by atoms with Crippen molar-refractivity contribution in [3.8, 4) is 0 Å². The SMILES string of the molecule is C=CCOC(=O)N1COC(=O)[C@@H]1CC(=O)NC(c1ccc(S(C)=O)cc1)c1ccc(S(C)=O)cc1CCCCC(N)=O. The monoisotopic (exact) mass is 617 g/mol. The van der Waals surface area contributed by atoms with E-state index in [-0.39, 0.29) is 26.2 Å². The topological polar surface area (TPSA) is 162 Å². The normalized spacial score (nSPS) is 16.7. The number of nitrogens with two attached hydrogens (primary N) is 1. The Morgan fingerprint density at radius 3 is 2.40 bits per heavy atom. The number of amides is 3. The molecular weight excluding hydrogens is 582 g/mol. The first kappa shape index (κ1) is 32.7. The second kappa shape index (κ2) is 15.4. The minimum atomic E-state index is -1.26. The van der Waals surface area contributed by atoms with Crippen LogP contribution in [0.2, 0.25) is 0 Å². The third-order valence-corrected chi connectivity index (χ3v) is 8.51. The molecule has 0 spiro atoms. The smallest absolute Gasteiger partial charge is 0.413 e. The number of primary amides is 1. The number of esters is 1. The number of ether oxygens (including phenoxy) is 2. The Bertz CT molecular complexity index is 1380. The lowest BCUT2D eigenvalue weighted by molar-refractivity contribution is -0.140. The van der Waals surface area contributed by atoms with Gasteiger partial charge in [-0.1, -0.05) is 30.9 Å². The van der Waals surface area contributed by atoms with E-state index >= 15 is 0 Å². The molecule has 1 saturated heterocycles. The van der Waals surface area contributed by atoms with Gasteiger partial charge in [0, 0.05) is 50.3 Å². The zero-order valence-corrected chi connectivity index (χ0v) is 25.2. The summed E-state index contributed by atoms with van der Waals surface area (Å²) in [4.78, 5) is 51.7. The van der Waals surface area contributed by atoms with Crippen LogP contribution in [-0.4, -0.2) is 69.1 Å². The summed E-state index contributed by atoms with van der Waals surface area (Å²) in [5.74, 6) is -1.65. The minimum Gasteiger partial charge on any atom is -0.445 e. The van der Waals surface area contributed by atoms with Crippen LogP contribution in [0.3, 0.4) is 0 Å². The second-order valence-electron chi connectivity index (χ2n) is 9.66. The lowest BCUT2D eigenvalue weighted by atomic mass is 9.91. The van der Waals surface area contributed by atoms with Crippen LogP contribution in [0.1, 0.15) is 48.4 Å². The van der Waals surface area contributed by atoms with Crippen molar-refractivity contribution in [3.63, 3.8) is 0 Å². The predicted molar refractivity (Wildman–Crippen MR) is 157 cm³/mol. The summed E-state index contributed by atoms with van der Waals surface area (Å²) in [6, 6.07) is 10.4. The van der Waals surface area contributed by atoms with Crippen molar-refractivity contribution in [2.24, 2.45) is 5.73 Å². The van der Waals surface area contributed by atoms with Gasteiger partial charge in [-0.2, -0.15) is 0 Å². The molecule has 0 radical (unpaired) electrons. The average Bonchev–Trinajstić information content (AvgIpc) is 3.32. The molecule has 1 aliphatic heterocycles. The maximum absolute atomic E-state index is 13.4. The molecule has 0 aliphatic carbocycles. The Morgan fingerprint density at radius 1 is 1.12 bits per heavy atom. The van der Waals surface area contributed by atoms with Gasteiger partial charge in [0.1, 0.15) is 12.6 Å². The minimum absolute atomic E-state index is 0.0657. The lowest BCUT2D eigenvalue weighted by Gasteiger charge is -2.25. The molecule has 2 aromatic carbocycles. The summed E-state index contributed by atoms with van der Waals surface area (Å²) < 4.78 is 34.3. The molecule has 0 bridgehead atoms. The first-order valence-corrected chi connectivity index (χ1v) is 16.3. The molecule has 42 heavy (non-hydrogen) atoms. The molecule has 4 atom stereocenters. The number of benzene rings is 2. The van der Waals surface area contributed by atoms with Crippen molar-refractivity contribution in [2.75, 3.05) is 25.8 Å². The zero-order valence-electron chi connectivity index (χ0n) is 23.5. The number of hydrogen-bond donors (Lipinski definition) is 2. The van der Waals surface area contributed by atoms with E-state index in [0.717, 1.165) is 16.0 Å². The molecule has 13 heteroatoms. The number of unbranched alkanes of at least 4 members (excludes halogenated alkanes) is 1. The van der Waals surface area contributed by atoms with E-state index < -0.39 is 57.6 Å². The number of nitrogens with one attached hydrogen (secondary N) is 1. The predicted octanol–water partition coefficient (Wildman–Crippen LogP) is 2.46. The molecule has 0 aromatic heterocycles. The largest absolute Gasteiger partial charge is 0.445 e. The highest BCUT2D eigenvalue weighted by atomic mass is 32.2. The van der Waals surface area contributed by atoms with Crippen molar-refractivity contribution < 1.29 is 37.1 Å². The van der Waals surface area contributed by atoms with E-state index in [2.05, 4.69) is 11.9 Å². The van der Waals surface area contributed by atoms with Crippen LogP contribution in [0, 0.1) is 0 Å². The van der Waals surface area contributed by atoms with Crippen molar-refractivity contribution in [1.29, 1.82) is 0 Å². The van der Waals surface area contributed by atoms with E-state index in [1.54, 1.807) is 48.9 Å². The highest BCUT2D eigenvalue weighted by molar-refractivity contribution is 7.84. The third kappa shape index (κ3) is 8.83. The van der Waals surface area contributed by atoms with Crippen molar-refractivity contribution in [1.82, 2.24) is 10.2 Å². The maximum atomic E-state index is 13.4. The van der Waals surface area contributed by atoms with Gasteiger partial charge in [-0.15, -0.1) is 0 Å². The third-order valence-electron chi connectivity index (χ3n) is 6.66. The van der Waals surface area contributed by atoms with Crippen LogP contribution in [0.25, 0.3) is 0 Å². The fraction of sp³-hybridized carbons (Fsp3) is 0.379. The van der Waals surface area contributed by atoms with Gasteiger partial charge >= 0.3 is 12.1 Å². The van der Waals surface area contributed by atoms with Gasteiger partial charge in [0.2, 0.25) is 11.8 Å². The van der Waals surface area contributed by atoms with Crippen LogP contribution in [-0.2, 0) is 51.9 Å². The average molecular weight is 618 g/mol. The zero-order chi connectivity index (χ0) is 30.8. The Morgan fingerprint density at radius 2 is 1.79 bits per heavy atom. The number of hydrogen-bond acceptors (Lipinski definition) is 8. The molecule has 226 valence electrons. The fourth-order valence-corrected chi connectivity index (χ4v) is 5.58. The molecular formula is C29H35N3O8S2. The van der Waals surface area contributed by atoms with E-state index in [9.17, 15) is 27.6 Å². The first-order chi connectivity index (χ1) is 20.0. The van der Waals surface area contributed by atoms with Gasteiger partial charge in [0.25, 0.3) is 0 Å². The molecule has 3 N–H and O–H groups in total. The van der Waals surface area contributed by atoms with Gasteiger partial charge in [-0.05, 0) is 60.2 Å². The molecule has 11 nitrogen and oxygen atoms in total. The summed E-state index contributed by atoms with van der Waals surface area (Å²) in [7, 11) is -2.47. The highest BCUT2D eigenvalue weighted by Crippen LogP contribution is 2.29. The van der Waals surface area contributed by atoms with E-state index in [0.29, 0.717) is 34.6 Å². The van der Waals surface area contributed by atoms with Crippen LogP contribution in [0.15, 0.2) is 64.9 Å². The molecule has 3 amide bonds. The Balaban J connectivity index is 1.95. The molecule has 2 aromatic rings. The standard InChI is InChI=1S/C29H35N3O8S2/c1-4-15-39-29(36)32-18-40-28(35)24(32)17-26(34)31-27(19-9-11-21(12-10-19)41(2)37)23-14-13-22(42(3)38)16-20(23)7-5-6-8-25(30)33/h4,9-14,16,24,27H,1,5-8,15,17-18H2,2-3H3,(H2,30,33)(H,31,34)/t24-,27?,41?,42?/m0/s1. The number of rotatable bonds is 14. The lowest BCUT2D eigenvalue weighted by Crippen LogP contribution is -2.42. The molecule has 3 unspecified atom stereocenters. The summed E-state index contributed by atoms with van der Waals surface area (Å²) in [6.45, 7) is 3.09. The molecule has 0 saturated carbocycles. The summed E-state index contributed by atoms with van der Waals surface area (Å²) in [5.41, 5.74) is 7.50. The quantitative estimate of drug-likeness (QED) is 0.186. The van der Waals surface area contributed by atoms with Gasteiger partial charge < -0.3 is 20.5 Å². The number of carbonyl (C=O) groups is 4. The highest BCUT2D eigenvalue weighted by Gasteiger charge is 2.40. The van der Waals surface area contributed by atoms with Crippen LogP contribution in [0.5, 0.6) is 0 Å². The van der Waals surface area contributed by atoms with Gasteiger partial charge in [0.05, 0.1) is 12.5 Å². The van der Waals surface area contributed by atoms with Crippen molar-refractivity contribution in [3.05, 3.63) is 71.8 Å². The van der Waals surface area contributed by atoms with E-state index in [1.807, 2.05) is 6.07 Å². The summed E-state index contributed by atoms with van der Waals surface area (Å²) in [6.07, 6.45) is 5.27. The molecule has 1 heterocycles. The summed E-state index contributed by atoms with van der Waals surface area (Å²) >= 11 is 0. The first-order valence-electron chi connectivity index (χ1n) is 13.2. The maximum Gasteiger partial charge on any atom is 0.413 e. The molecule has 3 rings (SSSR count). The van der Waals surface area contributed by atoms with E-state index in [1.165, 1.54) is 6.08 Å². The van der Waals surface area contributed by atoms with Crippen LogP contribution in [0.4, 0.5) is 4.79 Å².